The highest BCUT2D eigenvalue weighted by atomic mass is 16.5. The molecular formula is C11H21N3O2. The van der Waals surface area contributed by atoms with Crippen LogP contribution in [0.15, 0.2) is 0 Å². The second kappa shape index (κ2) is 5.60. The lowest BCUT2D eigenvalue weighted by Gasteiger charge is -2.20. The Labute approximate surface area is 97.1 Å². The second-order valence-corrected chi connectivity index (χ2v) is 4.59. The summed E-state index contributed by atoms with van der Waals surface area (Å²) in [7, 11) is 3.39. The van der Waals surface area contributed by atoms with Gasteiger partial charge >= 0.3 is 0 Å². The van der Waals surface area contributed by atoms with E-state index < -0.39 is 5.54 Å². The molecule has 0 saturated carbocycles. The zero-order valence-electron chi connectivity index (χ0n) is 10.3. The van der Waals surface area contributed by atoms with E-state index in [1.54, 1.807) is 21.1 Å². The molecule has 3 unspecified atom stereocenters. The number of hydrogen-bond donors (Lipinski definition) is 1. The van der Waals surface area contributed by atoms with Crippen LogP contribution in [0.1, 0.15) is 13.3 Å². The van der Waals surface area contributed by atoms with E-state index in [2.05, 4.69) is 11.0 Å². The summed E-state index contributed by atoms with van der Waals surface area (Å²) in [6, 6.07) is 2.10. The van der Waals surface area contributed by atoms with Gasteiger partial charge in [-0.3, -0.25) is 4.90 Å². The minimum atomic E-state index is -0.742. The number of hydrogen-bond acceptors (Lipinski definition) is 5. The van der Waals surface area contributed by atoms with Crippen molar-refractivity contribution in [1.29, 1.82) is 5.26 Å². The van der Waals surface area contributed by atoms with Gasteiger partial charge in [-0.15, -0.1) is 0 Å². The fourth-order valence-corrected chi connectivity index (χ4v) is 1.90. The van der Waals surface area contributed by atoms with Gasteiger partial charge < -0.3 is 15.2 Å². The second-order valence-electron chi connectivity index (χ2n) is 4.59. The van der Waals surface area contributed by atoms with E-state index in [-0.39, 0.29) is 12.2 Å². The van der Waals surface area contributed by atoms with Gasteiger partial charge in [-0.1, -0.05) is 0 Å². The molecule has 92 valence electrons. The van der Waals surface area contributed by atoms with Crippen molar-refractivity contribution in [3.63, 3.8) is 0 Å². The molecule has 2 N–H and O–H groups in total. The van der Waals surface area contributed by atoms with Crippen LogP contribution in [0.25, 0.3) is 0 Å². The number of methoxy groups -OCH3 is 2. The zero-order chi connectivity index (χ0) is 12.2. The van der Waals surface area contributed by atoms with E-state index in [1.165, 1.54) is 0 Å². The Morgan fingerprint density at radius 1 is 1.38 bits per heavy atom. The predicted molar refractivity (Wildman–Crippen MR) is 60.9 cm³/mol. The molecule has 1 aliphatic rings. The van der Waals surface area contributed by atoms with Gasteiger partial charge in [0.25, 0.3) is 0 Å². The molecule has 1 saturated heterocycles. The van der Waals surface area contributed by atoms with E-state index in [1.807, 2.05) is 0 Å². The number of nitrogens with two attached hydrogens (primary N) is 1. The Morgan fingerprint density at radius 3 is 2.25 bits per heavy atom. The Balaban J connectivity index is 2.39. The predicted octanol–water partition coefficient (Wildman–Crippen LogP) is -0.0369. The molecule has 1 fully saturated rings. The maximum Gasteiger partial charge on any atom is 0.102 e. The monoisotopic (exact) mass is 227 g/mol. The zero-order valence-corrected chi connectivity index (χ0v) is 10.3. The van der Waals surface area contributed by atoms with Crippen LogP contribution in [0, 0.1) is 11.3 Å². The molecule has 16 heavy (non-hydrogen) atoms. The standard InChI is InChI=1S/C11H21N3O2/c1-11(13,8-12)4-5-14-6-9(15-2)10(7-14)16-3/h9-10H,4-7,13H2,1-3H3. The van der Waals surface area contributed by atoms with Crippen molar-refractivity contribution < 1.29 is 9.47 Å². The quantitative estimate of drug-likeness (QED) is 0.713. The van der Waals surface area contributed by atoms with Crippen LogP contribution in [-0.2, 0) is 9.47 Å². The molecular weight excluding hydrogens is 206 g/mol. The number of likely N-dealkylation sites (tertiary alicyclic amines) is 1. The average molecular weight is 227 g/mol. The molecule has 0 aromatic carbocycles. The first-order chi connectivity index (χ1) is 7.52. The molecule has 0 spiro atoms. The van der Waals surface area contributed by atoms with Crippen molar-refractivity contribution in [2.75, 3.05) is 33.9 Å². The van der Waals surface area contributed by atoms with Gasteiger partial charge in [-0.2, -0.15) is 5.26 Å². The third kappa shape index (κ3) is 3.42. The summed E-state index contributed by atoms with van der Waals surface area (Å²) in [4.78, 5) is 2.23. The summed E-state index contributed by atoms with van der Waals surface area (Å²) < 4.78 is 10.7. The maximum atomic E-state index is 8.82. The highest BCUT2D eigenvalue weighted by Crippen LogP contribution is 2.17. The van der Waals surface area contributed by atoms with Crippen molar-refractivity contribution in [1.82, 2.24) is 4.90 Å². The lowest BCUT2D eigenvalue weighted by atomic mass is 10.0. The molecule has 0 bridgehead atoms. The molecule has 0 amide bonds. The molecule has 0 aliphatic carbocycles. The first-order valence-corrected chi connectivity index (χ1v) is 5.50. The molecule has 1 rings (SSSR count). The van der Waals surface area contributed by atoms with E-state index in [4.69, 9.17) is 20.5 Å². The summed E-state index contributed by atoms with van der Waals surface area (Å²) in [5.41, 5.74) is 5.04. The first-order valence-electron chi connectivity index (χ1n) is 5.50. The van der Waals surface area contributed by atoms with Crippen LogP contribution in [0.2, 0.25) is 0 Å². The fourth-order valence-electron chi connectivity index (χ4n) is 1.90. The highest BCUT2D eigenvalue weighted by Gasteiger charge is 2.33. The van der Waals surface area contributed by atoms with Crippen molar-refractivity contribution >= 4 is 0 Å². The summed E-state index contributed by atoms with van der Waals surface area (Å²) in [6.07, 6.45) is 0.906. The van der Waals surface area contributed by atoms with Crippen LogP contribution in [0.4, 0.5) is 0 Å². The van der Waals surface area contributed by atoms with E-state index in [9.17, 15) is 0 Å². The van der Waals surface area contributed by atoms with Gasteiger partial charge in [0.05, 0.1) is 18.3 Å². The number of ether oxygens (including phenoxy) is 2. The van der Waals surface area contributed by atoms with Gasteiger partial charge in [-0.25, -0.2) is 0 Å². The molecule has 1 aliphatic heterocycles. The fraction of sp³-hybridized carbons (Fsp3) is 0.909. The number of nitrogens with zero attached hydrogens (tertiary/aromatic N) is 2. The minimum Gasteiger partial charge on any atom is -0.377 e. The van der Waals surface area contributed by atoms with E-state index in [0.717, 1.165) is 19.6 Å². The Morgan fingerprint density at radius 2 is 1.88 bits per heavy atom. The summed E-state index contributed by atoms with van der Waals surface area (Å²) in [5.74, 6) is 0. The Hall–Kier alpha value is -0.670. The first kappa shape index (κ1) is 13.4. The summed E-state index contributed by atoms with van der Waals surface area (Å²) >= 11 is 0. The molecule has 3 atom stereocenters. The van der Waals surface area contributed by atoms with Crippen molar-refractivity contribution in [2.45, 2.75) is 31.1 Å². The third-order valence-corrected chi connectivity index (χ3v) is 3.10. The van der Waals surface area contributed by atoms with Crippen LogP contribution in [0.5, 0.6) is 0 Å². The van der Waals surface area contributed by atoms with Crippen molar-refractivity contribution in [3.05, 3.63) is 0 Å². The van der Waals surface area contributed by atoms with Gasteiger partial charge in [0.1, 0.15) is 5.54 Å². The summed E-state index contributed by atoms with van der Waals surface area (Å²) in [5, 5.41) is 8.82. The topological polar surface area (TPSA) is 71.5 Å². The Bertz CT molecular complexity index is 250. The average Bonchev–Trinajstić information content (AvgIpc) is 2.69. The molecule has 0 aromatic heterocycles. The molecule has 5 heteroatoms. The minimum absolute atomic E-state index is 0.121. The maximum absolute atomic E-state index is 8.82. The molecule has 0 aromatic rings. The van der Waals surface area contributed by atoms with Gasteiger partial charge in [0, 0.05) is 33.9 Å². The van der Waals surface area contributed by atoms with Gasteiger partial charge in [0.15, 0.2) is 0 Å². The van der Waals surface area contributed by atoms with Gasteiger partial charge in [-0.05, 0) is 13.3 Å². The van der Waals surface area contributed by atoms with E-state index in [0.29, 0.717) is 6.42 Å². The van der Waals surface area contributed by atoms with Crippen LogP contribution < -0.4 is 5.73 Å². The number of rotatable bonds is 5. The van der Waals surface area contributed by atoms with Crippen molar-refractivity contribution in [3.8, 4) is 6.07 Å². The number of nitriles is 1. The molecule has 1 heterocycles. The SMILES string of the molecule is COC1CN(CCC(C)(N)C#N)CC1OC. The molecule has 0 radical (unpaired) electrons. The lowest BCUT2D eigenvalue weighted by Crippen LogP contribution is -2.38. The van der Waals surface area contributed by atoms with Crippen molar-refractivity contribution in [2.24, 2.45) is 5.73 Å². The van der Waals surface area contributed by atoms with Crippen LogP contribution in [0.3, 0.4) is 0 Å². The molecule has 5 nitrogen and oxygen atoms in total. The summed E-state index contributed by atoms with van der Waals surface area (Å²) in [6.45, 7) is 4.25. The lowest BCUT2D eigenvalue weighted by molar-refractivity contribution is -0.00461. The Kier molecular flexibility index (Phi) is 4.69. The third-order valence-electron chi connectivity index (χ3n) is 3.10. The normalized spacial score (nSPS) is 29.9. The smallest absolute Gasteiger partial charge is 0.102 e. The highest BCUT2D eigenvalue weighted by molar-refractivity contribution is 5.01. The van der Waals surface area contributed by atoms with E-state index >= 15 is 0 Å². The van der Waals surface area contributed by atoms with Crippen LogP contribution >= 0.6 is 0 Å². The largest absolute Gasteiger partial charge is 0.377 e. The van der Waals surface area contributed by atoms with Gasteiger partial charge in [0.2, 0.25) is 0 Å². The van der Waals surface area contributed by atoms with Crippen LogP contribution in [-0.4, -0.2) is 56.5 Å².